The molecule has 0 heterocycles. The summed E-state index contributed by atoms with van der Waals surface area (Å²) in [6, 6.07) is 12.1. The zero-order chi connectivity index (χ0) is 18.4. The average Bonchev–Trinajstić information content (AvgIpc) is 2.60. The third kappa shape index (κ3) is 6.20. The van der Waals surface area contributed by atoms with E-state index in [0.29, 0.717) is 28.0 Å². The maximum atomic E-state index is 10.9. The lowest BCUT2D eigenvalue weighted by atomic mass is 10.1. The molecule has 7 heteroatoms. The van der Waals surface area contributed by atoms with E-state index in [0.717, 1.165) is 17.3 Å². The third-order valence-corrected chi connectivity index (χ3v) is 5.09. The number of thioether (sulfide) groups is 1. The second-order valence-corrected chi connectivity index (χ2v) is 7.43. The van der Waals surface area contributed by atoms with Crippen LogP contribution in [-0.2, 0) is 11.4 Å². The van der Waals surface area contributed by atoms with Gasteiger partial charge in [0.25, 0.3) is 0 Å². The Kier molecular flexibility index (Phi) is 7.59. The Bertz CT molecular complexity index is 722. The van der Waals surface area contributed by atoms with Crippen LogP contribution in [0.5, 0.6) is 5.75 Å². The van der Waals surface area contributed by atoms with Gasteiger partial charge in [0.15, 0.2) is 5.12 Å². The number of aliphatic hydroxyl groups is 2. The van der Waals surface area contributed by atoms with Gasteiger partial charge in [-0.15, -0.1) is 0 Å². The number of benzene rings is 2. The van der Waals surface area contributed by atoms with Crippen molar-refractivity contribution in [3.8, 4) is 5.75 Å². The van der Waals surface area contributed by atoms with Crippen molar-refractivity contribution in [1.29, 1.82) is 0 Å². The summed E-state index contributed by atoms with van der Waals surface area (Å²) in [5, 5.41) is 20.9. The van der Waals surface area contributed by atoms with Gasteiger partial charge in [-0.2, -0.15) is 0 Å². The van der Waals surface area contributed by atoms with E-state index in [1.165, 1.54) is 6.92 Å². The number of hydrogen-bond acceptors (Lipinski definition) is 5. The number of halogens is 2. The van der Waals surface area contributed by atoms with Crippen LogP contribution in [0.15, 0.2) is 42.5 Å². The molecule has 0 spiro atoms. The molecule has 0 saturated carbocycles. The summed E-state index contributed by atoms with van der Waals surface area (Å²) >= 11 is 12.8. The Morgan fingerprint density at radius 1 is 1.12 bits per heavy atom. The molecule has 0 radical (unpaired) electrons. The molecule has 0 aliphatic rings. The molecule has 2 aromatic carbocycles. The summed E-state index contributed by atoms with van der Waals surface area (Å²) in [5.74, 6) is 0.765. The van der Waals surface area contributed by atoms with Gasteiger partial charge in [-0.3, -0.25) is 4.79 Å². The predicted molar refractivity (Wildman–Crippen MR) is 101 cm³/mol. The van der Waals surface area contributed by atoms with Crippen LogP contribution in [0.4, 0.5) is 0 Å². The van der Waals surface area contributed by atoms with E-state index in [2.05, 4.69) is 0 Å². The van der Waals surface area contributed by atoms with Gasteiger partial charge in [-0.05, 0) is 35.4 Å². The number of carbonyl (C=O) groups excluding carboxylic acids is 1. The molecule has 0 aromatic heterocycles. The van der Waals surface area contributed by atoms with Crippen LogP contribution in [-0.4, -0.2) is 27.2 Å². The van der Waals surface area contributed by atoms with E-state index in [9.17, 15) is 15.0 Å². The van der Waals surface area contributed by atoms with Crippen LogP contribution in [0.2, 0.25) is 10.0 Å². The minimum atomic E-state index is -1.06. The van der Waals surface area contributed by atoms with Crippen LogP contribution < -0.4 is 4.74 Å². The van der Waals surface area contributed by atoms with Crippen molar-refractivity contribution >= 4 is 40.1 Å². The molecule has 0 aliphatic carbocycles. The van der Waals surface area contributed by atoms with E-state index in [4.69, 9.17) is 27.9 Å². The van der Waals surface area contributed by atoms with E-state index in [1.54, 1.807) is 36.4 Å². The van der Waals surface area contributed by atoms with Crippen LogP contribution >= 0.6 is 35.0 Å². The predicted octanol–water partition coefficient (Wildman–Crippen LogP) is 4.25. The van der Waals surface area contributed by atoms with E-state index < -0.39 is 12.2 Å². The number of carbonyl (C=O) groups is 1. The number of ether oxygens (including phenoxy) is 1. The largest absolute Gasteiger partial charge is 0.489 e. The maximum Gasteiger partial charge on any atom is 0.185 e. The zero-order valence-corrected chi connectivity index (χ0v) is 15.8. The summed E-state index contributed by atoms with van der Waals surface area (Å²) in [4.78, 5) is 10.9. The summed E-state index contributed by atoms with van der Waals surface area (Å²) < 4.78 is 5.67. The highest BCUT2D eigenvalue weighted by Gasteiger charge is 2.19. The lowest BCUT2D eigenvalue weighted by Crippen LogP contribution is -2.21. The molecular formula is C18H18Cl2O4S. The minimum absolute atomic E-state index is 0.0997. The molecule has 0 fully saturated rings. The molecule has 0 amide bonds. The Hall–Kier alpha value is -1.24. The molecule has 4 nitrogen and oxygen atoms in total. The van der Waals surface area contributed by atoms with Crippen molar-refractivity contribution in [3.05, 3.63) is 63.6 Å². The Morgan fingerprint density at radius 2 is 1.80 bits per heavy atom. The van der Waals surface area contributed by atoms with Crippen molar-refractivity contribution in [3.63, 3.8) is 0 Å². The Morgan fingerprint density at radius 3 is 2.40 bits per heavy atom. The molecule has 2 N–H and O–H groups in total. The van der Waals surface area contributed by atoms with Crippen molar-refractivity contribution in [2.45, 2.75) is 25.7 Å². The standard InChI is InChI=1S/C18H18Cl2O4S/c1-11(21)25-10-17(22)18(23)13-3-5-14(6-4-13)24-9-12-2-7-15(19)16(20)8-12/h2-8,17-18,22-23H,9-10H2,1H3. The molecule has 0 bridgehead atoms. The van der Waals surface area contributed by atoms with Gasteiger partial charge in [0.1, 0.15) is 18.5 Å². The highest BCUT2D eigenvalue weighted by molar-refractivity contribution is 8.13. The second-order valence-electron chi connectivity index (χ2n) is 5.42. The molecule has 25 heavy (non-hydrogen) atoms. The summed E-state index contributed by atoms with van der Waals surface area (Å²) in [6.07, 6.45) is -2.08. The van der Waals surface area contributed by atoms with Crippen molar-refractivity contribution in [2.75, 3.05) is 5.75 Å². The monoisotopic (exact) mass is 400 g/mol. The first-order valence-corrected chi connectivity index (χ1v) is 9.27. The first-order chi connectivity index (χ1) is 11.9. The van der Waals surface area contributed by atoms with Gasteiger partial charge in [0.05, 0.1) is 16.1 Å². The SMILES string of the molecule is CC(=O)SCC(O)C(O)c1ccc(OCc2ccc(Cl)c(Cl)c2)cc1. The van der Waals surface area contributed by atoms with Crippen LogP contribution in [0.1, 0.15) is 24.2 Å². The fourth-order valence-electron chi connectivity index (χ4n) is 2.07. The van der Waals surface area contributed by atoms with Gasteiger partial charge in [-0.25, -0.2) is 0 Å². The number of rotatable bonds is 7. The molecule has 134 valence electrons. The molecule has 0 saturated heterocycles. The summed E-state index contributed by atoms with van der Waals surface area (Å²) in [6.45, 7) is 1.75. The lowest BCUT2D eigenvalue weighted by molar-refractivity contribution is -0.109. The summed E-state index contributed by atoms with van der Waals surface area (Å²) in [5.41, 5.74) is 1.44. The molecule has 2 aromatic rings. The highest BCUT2D eigenvalue weighted by Crippen LogP contribution is 2.25. The van der Waals surface area contributed by atoms with Gasteiger partial charge in [0, 0.05) is 12.7 Å². The molecule has 0 aliphatic heterocycles. The van der Waals surface area contributed by atoms with E-state index >= 15 is 0 Å². The second kappa shape index (κ2) is 9.46. The quantitative estimate of drug-likeness (QED) is 0.726. The van der Waals surface area contributed by atoms with E-state index in [-0.39, 0.29) is 10.9 Å². The van der Waals surface area contributed by atoms with Gasteiger partial charge < -0.3 is 14.9 Å². The lowest BCUT2D eigenvalue weighted by Gasteiger charge is -2.17. The van der Waals surface area contributed by atoms with Crippen molar-refractivity contribution in [2.24, 2.45) is 0 Å². The topological polar surface area (TPSA) is 66.8 Å². The van der Waals surface area contributed by atoms with Gasteiger partial charge in [0.2, 0.25) is 0 Å². The normalized spacial score (nSPS) is 13.3. The van der Waals surface area contributed by atoms with Gasteiger partial charge >= 0.3 is 0 Å². The molecular weight excluding hydrogens is 383 g/mol. The first kappa shape index (κ1) is 20.1. The number of hydrogen-bond donors (Lipinski definition) is 2. The Labute approximate surface area is 160 Å². The van der Waals surface area contributed by atoms with Crippen molar-refractivity contribution in [1.82, 2.24) is 0 Å². The zero-order valence-electron chi connectivity index (χ0n) is 13.5. The summed E-state index contributed by atoms with van der Waals surface area (Å²) in [7, 11) is 0. The van der Waals surface area contributed by atoms with E-state index in [1.807, 2.05) is 6.07 Å². The highest BCUT2D eigenvalue weighted by atomic mass is 35.5. The fourth-order valence-corrected chi connectivity index (χ4v) is 2.98. The smallest absolute Gasteiger partial charge is 0.185 e. The molecule has 2 atom stereocenters. The minimum Gasteiger partial charge on any atom is -0.489 e. The average molecular weight is 401 g/mol. The van der Waals surface area contributed by atoms with Gasteiger partial charge in [-0.1, -0.05) is 53.2 Å². The van der Waals surface area contributed by atoms with Crippen LogP contribution in [0.3, 0.4) is 0 Å². The molecule has 2 unspecified atom stereocenters. The number of aliphatic hydroxyl groups excluding tert-OH is 2. The maximum absolute atomic E-state index is 10.9. The van der Waals surface area contributed by atoms with Crippen LogP contribution in [0.25, 0.3) is 0 Å². The molecule has 2 rings (SSSR count). The van der Waals surface area contributed by atoms with Crippen molar-refractivity contribution < 1.29 is 19.7 Å². The fraction of sp³-hybridized carbons (Fsp3) is 0.278. The third-order valence-electron chi connectivity index (χ3n) is 3.43. The van der Waals surface area contributed by atoms with Crippen LogP contribution in [0, 0.1) is 0 Å². The Balaban J connectivity index is 1.92. The first-order valence-electron chi connectivity index (χ1n) is 7.53.